The van der Waals surface area contributed by atoms with Gasteiger partial charge >= 0.3 is 0 Å². The van der Waals surface area contributed by atoms with Gasteiger partial charge in [-0.25, -0.2) is 9.67 Å². The summed E-state index contributed by atoms with van der Waals surface area (Å²) < 4.78 is 1.81. The quantitative estimate of drug-likeness (QED) is 0.338. The van der Waals surface area contributed by atoms with Gasteiger partial charge in [-0.2, -0.15) is 5.10 Å². The molecular weight excluding hydrogens is 470 g/mol. The molecular formula is C25H26ClN5O2S. The number of nitrogens with one attached hydrogen (secondary N) is 2. The van der Waals surface area contributed by atoms with Crippen molar-refractivity contribution in [2.45, 2.75) is 46.7 Å². The number of carbonyl (C=O) groups excluding carboxylic acids is 2. The van der Waals surface area contributed by atoms with Crippen molar-refractivity contribution in [2.24, 2.45) is 0 Å². The lowest BCUT2D eigenvalue weighted by molar-refractivity contribution is 0.0942. The largest absolute Gasteiger partial charge is 0.350 e. The average molecular weight is 496 g/mol. The van der Waals surface area contributed by atoms with Crippen LogP contribution in [0.25, 0.3) is 21.6 Å². The van der Waals surface area contributed by atoms with Crippen LogP contribution in [0.5, 0.6) is 0 Å². The summed E-state index contributed by atoms with van der Waals surface area (Å²) in [5.74, 6) is -0.587. The van der Waals surface area contributed by atoms with Gasteiger partial charge in [0.15, 0.2) is 5.65 Å². The monoisotopic (exact) mass is 495 g/mol. The Bertz CT molecular complexity index is 1390. The van der Waals surface area contributed by atoms with Crippen LogP contribution < -0.4 is 10.6 Å². The molecule has 0 spiro atoms. The summed E-state index contributed by atoms with van der Waals surface area (Å²) in [7, 11) is 0. The molecule has 0 bridgehead atoms. The molecule has 0 unspecified atom stereocenters. The van der Waals surface area contributed by atoms with E-state index in [9.17, 15) is 9.59 Å². The van der Waals surface area contributed by atoms with E-state index in [2.05, 4.69) is 15.7 Å². The molecule has 4 rings (SSSR count). The molecule has 0 saturated carbocycles. The third-order valence-corrected chi connectivity index (χ3v) is 6.54. The third kappa shape index (κ3) is 4.83. The lowest BCUT2D eigenvalue weighted by atomic mass is 10.1. The zero-order valence-electron chi connectivity index (χ0n) is 19.6. The Kier molecular flexibility index (Phi) is 6.72. The first-order valence-corrected chi connectivity index (χ1v) is 12.2. The summed E-state index contributed by atoms with van der Waals surface area (Å²) in [5, 5.41) is 11.2. The molecule has 0 saturated heterocycles. The number of hydrogen-bond donors (Lipinski definition) is 2. The van der Waals surface area contributed by atoms with E-state index in [1.807, 2.05) is 46.8 Å². The molecule has 4 aromatic rings. The molecule has 0 atom stereocenters. The van der Waals surface area contributed by atoms with Gasteiger partial charge in [-0.1, -0.05) is 11.6 Å². The van der Waals surface area contributed by atoms with E-state index in [0.29, 0.717) is 38.6 Å². The molecule has 2 amide bonds. The first-order chi connectivity index (χ1) is 16.1. The van der Waals surface area contributed by atoms with Gasteiger partial charge in [-0.3, -0.25) is 9.59 Å². The maximum atomic E-state index is 13.5. The second-order valence-corrected chi connectivity index (χ2v) is 10.4. The third-order valence-electron chi connectivity index (χ3n) is 5.19. The number of pyridine rings is 1. The van der Waals surface area contributed by atoms with Crippen LogP contribution in [0.4, 0.5) is 5.69 Å². The minimum atomic E-state index is -0.353. The number of rotatable bonds is 6. The molecule has 0 aliphatic heterocycles. The number of carbonyl (C=O) groups is 2. The van der Waals surface area contributed by atoms with E-state index in [4.69, 9.17) is 16.6 Å². The van der Waals surface area contributed by atoms with Crippen LogP contribution >= 0.6 is 22.9 Å². The van der Waals surface area contributed by atoms with Crippen LogP contribution in [0, 0.1) is 6.92 Å². The Morgan fingerprint density at radius 1 is 1.06 bits per heavy atom. The predicted octanol–water partition coefficient (Wildman–Crippen LogP) is 6.09. The van der Waals surface area contributed by atoms with Crippen LogP contribution in [0.15, 0.2) is 42.6 Å². The number of fused-ring (bicyclic) bond motifs is 1. The van der Waals surface area contributed by atoms with E-state index in [1.165, 1.54) is 0 Å². The molecule has 3 aromatic heterocycles. The molecule has 1 aromatic carbocycles. The van der Waals surface area contributed by atoms with Gasteiger partial charge < -0.3 is 10.6 Å². The van der Waals surface area contributed by atoms with Crippen molar-refractivity contribution >= 4 is 51.5 Å². The van der Waals surface area contributed by atoms with Crippen molar-refractivity contribution in [1.29, 1.82) is 0 Å². The molecule has 3 heterocycles. The number of aromatic nitrogens is 3. The SMILES string of the molecule is Cc1ccc(-c2cc(C(=O)Nc3cc(C(=O)NC(C)C)ccc3Cl)c3cnn(C(C)C)c3n2)s1. The zero-order valence-corrected chi connectivity index (χ0v) is 21.2. The van der Waals surface area contributed by atoms with Crippen molar-refractivity contribution in [3.05, 3.63) is 63.6 Å². The van der Waals surface area contributed by atoms with Crippen LogP contribution in [0.1, 0.15) is 59.3 Å². The minimum Gasteiger partial charge on any atom is -0.350 e. The normalized spacial score (nSPS) is 11.4. The maximum Gasteiger partial charge on any atom is 0.256 e. The van der Waals surface area contributed by atoms with Crippen LogP contribution in [0.3, 0.4) is 0 Å². The second kappa shape index (κ2) is 9.56. The summed E-state index contributed by atoms with van der Waals surface area (Å²) >= 11 is 7.97. The first kappa shape index (κ1) is 23.9. The van der Waals surface area contributed by atoms with Gasteiger partial charge in [-0.05, 0) is 71.0 Å². The molecule has 0 aliphatic carbocycles. The number of amides is 2. The Morgan fingerprint density at radius 2 is 1.82 bits per heavy atom. The molecule has 7 nitrogen and oxygen atoms in total. The van der Waals surface area contributed by atoms with Crippen molar-refractivity contribution in [3.8, 4) is 10.6 Å². The number of thiophene rings is 1. The predicted molar refractivity (Wildman–Crippen MR) is 138 cm³/mol. The Hall–Kier alpha value is -3.23. The Balaban J connectivity index is 1.76. The molecule has 2 N–H and O–H groups in total. The van der Waals surface area contributed by atoms with Crippen molar-refractivity contribution in [1.82, 2.24) is 20.1 Å². The highest BCUT2D eigenvalue weighted by atomic mass is 35.5. The standard InChI is InChI=1S/C25H26ClN5O2S/c1-13(2)28-24(32)16-7-8-19(26)20(10-16)30-25(33)17-11-21(22-9-6-15(5)34-22)29-23-18(17)12-27-31(23)14(3)4/h6-14H,1-5H3,(H,28,32)(H,30,33). The fraction of sp³-hybridized carbons (Fsp3) is 0.280. The van der Waals surface area contributed by atoms with E-state index in [-0.39, 0.29) is 23.9 Å². The van der Waals surface area contributed by atoms with Gasteiger partial charge in [0.05, 0.1) is 38.4 Å². The summed E-state index contributed by atoms with van der Waals surface area (Å²) in [6.45, 7) is 9.83. The minimum absolute atomic E-state index is 0.0110. The topological polar surface area (TPSA) is 88.9 Å². The van der Waals surface area contributed by atoms with E-state index in [0.717, 1.165) is 9.75 Å². The van der Waals surface area contributed by atoms with Crippen LogP contribution in [-0.4, -0.2) is 32.6 Å². The maximum absolute atomic E-state index is 13.5. The van der Waals surface area contributed by atoms with Crippen LogP contribution in [0.2, 0.25) is 5.02 Å². The van der Waals surface area contributed by atoms with E-state index >= 15 is 0 Å². The fourth-order valence-corrected chi connectivity index (χ4v) is 4.57. The lowest BCUT2D eigenvalue weighted by Gasteiger charge is -2.13. The summed E-state index contributed by atoms with van der Waals surface area (Å²) in [5.41, 5.74) is 2.55. The number of benzene rings is 1. The summed E-state index contributed by atoms with van der Waals surface area (Å²) in [6, 6.07) is 10.7. The second-order valence-electron chi connectivity index (χ2n) is 8.66. The van der Waals surface area contributed by atoms with Gasteiger partial charge in [-0.15, -0.1) is 11.3 Å². The summed E-state index contributed by atoms with van der Waals surface area (Å²) in [4.78, 5) is 32.9. The molecule has 34 heavy (non-hydrogen) atoms. The van der Waals surface area contributed by atoms with Crippen LogP contribution in [-0.2, 0) is 0 Å². The molecule has 176 valence electrons. The van der Waals surface area contributed by atoms with Gasteiger partial charge in [0, 0.05) is 22.5 Å². The highest BCUT2D eigenvalue weighted by Gasteiger charge is 2.20. The molecule has 0 aliphatic rings. The van der Waals surface area contributed by atoms with Gasteiger partial charge in [0.25, 0.3) is 11.8 Å². The number of halogens is 1. The van der Waals surface area contributed by atoms with Crippen molar-refractivity contribution < 1.29 is 9.59 Å². The molecule has 0 fully saturated rings. The highest BCUT2D eigenvalue weighted by Crippen LogP contribution is 2.31. The van der Waals surface area contributed by atoms with E-state index < -0.39 is 0 Å². The summed E-state index contributed by atoms with van der Waals surface area (Å²) in [6.07, 6.45) is 1.66. The highest BCUT2D eigenvalue weighted by molar-refractivity contribution is 7.15. The van der Waals surface area contributed by atoms with Crippen molar-refractivity contribution in [2.75, 3.05) is 5.32 Å². The Morgan fingerprint density at radius 3 is 2.47 bits per heavy atom. The average Bonchev–Trinajstić information content (AvgIpc) is 3.40. The fourth-order valence-electron chi connectivity index (χ4n) is 3.58. The van der Waals surface area contributed by atoms with E-state index in [1.54, 1.807) is 46.5 Å². The number of hydrogen-bond acceptors (Lipinski definition) is 5. The molecule has 9 heteroatoms. The van der Waals surface area contributed by atoms with Gasteiger partial charge in [0.1, 0.15) is 0 Å². The number of anilines is 1. The number of aryl methyl sites for hydroxylation is 1. The molecule has 0 radical (unpaired) electrons. The smallest absolute Gasteiger partial charge is 0.256 e. The van der Waals surface area contributed by atoms with Gasteiger partial charge in [0.2, 0.25) is 0 Å². The number of nitrogens with zero attached hydrogens (tertiary/aromatic N) is 3. The zero-order chi connectivity index (χ0) is 24.6. The van der Waals surface area contributed by atoms with Crippen molar-refractivity contribution in [3.63, 3.8) is 0 Å². The lowest BCUT2D eigenvalue weighted by Crippen LogP contribution is -2.30. The first-order valence-electron chi connectivity index (χ1n) is 11.0. The Labute approximate surface area is 207 Å².